The average Bonchev–Trinajstić information content (AvgIpc) is 2.60. The van der Waals surface area contributed by atoms with Gasteiger partial charge in [0.25, 0.3) is 0 Å². The minimum absolute atomic E-state index is 0.0472. The number of rotatable bonds is 5. The smallest absolute Gasteiger partial charge is 0.329 e. The Morgan fingerprint density at radius 3 is 2.56 bits per heavy atom. The van der Waals surface area contributed by atoms with Crippen molar-refractivity contribution in [3.05, 3.63) is 71.3 Å². The molecule has 0 bridgehead atoms. The zero-order valence-corrected chi connectivity index (χ0v) is 14.0. The van der Waals surface area contributed by atoms with E-state index in [1.54, 1.807) is 48.5 Å². The average molecular weight is 358 g/mol. The number of hydrogen-bond acceptors (Lipinski definition) is 4. The number of amides is 2. The number of hydrogen-bond donors (Lipinski definition) is 3. The summed E-state index contributed by atoms with van der Waals surface area (Å²) in [4.78, 5) is 23.5. The highest BCUT2D eigenvalue weighted by atomic mass is 35.5. The summed E-state index contributed by atoms with van der Waals surface area (Å²) in [6, 6.07) is 11.4. The van der Waals surface area contributed by atoms with Gasteiger partial charge in [-0.15, -0.1) is 6.58 Å². The van der Waals surface area contributed by atoms with Crippen LogP contribution in [0.5, 0.6) is 5.75 Å². The Morgan fingerprint density at radius 2 is 1.88 bits per heavy atom. The second kappa shape index (κ2) is 8.65. The van der Waals surface area contributed by atoms with Gasteiger partial charge in [0, 0.05) is 16.3 Å². The number of para-hydroxylation sites is 1. The van der Waals surface area contributed by atoms with Gasteiger partial charge in [0.05, 0.1) is 6.21 Å². The van der Waals surface area contributed by atoms with Crippen molar-refractivity contribution < 1.29 is 14.7 Å². The minimum atomic E-state index is -0.937. The molecule has 0 aliphatic carbocycles. The van der Waals surface area contributed by atoms with Gasteiger partial charge in [0.2, 0.25) is 0 Å². The van der Waals surface area contributed by atoms with Crippen LogP contribution in [0, 0.1) is 0 Å². The fourth-order valence-electron chi connectivity index (χ4n) is 1.97. The van der Waals surface area contributed by atoms with Crippen LogP contribution in [0.15, 0.2) is 60.2 Å². The van der Waals surface area contributed by atoms with Crippen LogP contribution < -0.4 is 10.7 Å². The molecule has 0 radical (unpaired) electrons. The van der Waals surface area contributed by atoms with E-state index in [0.29, 0.717) is 28.3 Å². The lowest BCUT2D eigenvalue weighted by molar-refractivity contribution is -0.136. The summed E-state index contributed by atoms with van der Waals surface area (Å²) < 4.78 is 0. The number of benzene rings is 2. The summed E-state index contributed by atoms with van der Waals surface area (Å²) in [7, 11) is 0. The number of nitrogens with one attached hydrogen (secondary N) is 2. The molecule has 2 amide bonds. The molecular weight excluding hydrogens is 342 g/mol. The molecule has 0 heterocycles. The predicted molar refractivity (Wildman–Crippen MR) is 97.8 cm³/mol. The molecule has 0 atom stereocenters. The number of anilines is 1. The molecule has 0 saturated carbocycles. The van der Waals surface area contributed by atoms with Gasteiger partial charge in [-0.1, -0.05) is 29.8 Å². The number of carbonyl (C=O) groups excluding carboxylic acids is 2. The zero-order chi connectivity index (χ0) is 18.2. The topological polar surface area (TPSA) is 90.8 Å². The van der Waals surface area contributed by atoms with Crippen molar-refractivity contribution in [2.45, 2.75) is 6.42 Å². The van der Waals surface area contributed by atoms with Gasteiger partial charge in [0.15, 0.2) is 0 Å². The van der Waals surface area contributed by atoms with Crippen molar-refractivity contribution in [2.75, 3.05) is 5.32 Å². The van der Waals surface area contributed by atoms with Crippen molar-refractivity contribution in [2.24, 2.45) is 5.10 Å². The Hall–Kier alpha value is -3.12. The van der Waals surface area contributed by atoms with E-state index < -0.39 is 11.8 Å². The van der Waals surface area contributed by atoms with E-state index in [2.05, 4.69) is 22.4 Å². The Bertz CT molecular complexity index is 817. The Kier molecular flexibility index (Phi) is 6.31. The van der Waals surface area contributed by atoms with E-state index in [0.717, 1.165) is 0 Å². The molecule has 0 aliphatic heterocycles. The molecular formula is C18H16ClN3O3. The molecule has 0 aliphatic rings. The van der Waals surface area contributed by atoms with Crippen LogP contribution in [0.3, 0.4) is 0 Å². The summed E-state index contributed by atoms with van der Waals surface area (Å²) in [5, 5.41) is 16.7. The first-order valence-corrected chi connectivity index (χ1v) is 7.70. The number of aromatic hydroxyl groups is 1. The number of carbonyl (C=O) groups is 2. The molecule has 0 spiro atoms. The number of hydrazone groups is 1. The third-order valence-electron chi connectivity index (χ3n) is 3.19. The second-order valence-corrected chi connectivity index (χ2v) is 5.44. The van der Waals surface area contributed by atoms with Crippen molar-refractivity contribution >= 4 is 35.3 Å². The van der Waals surface area contributed by atoms with Crippen LogP contribution in [0.4, 0.5) is 5.69 Å². The summed E-state index contributed by atoms with van der Waals surface area (Å²) in [6.07, 6.45) is 3.43. The van der Waals surface area contributed by atoms with Crippen molar-refractivity contribution in [3.8, 4) is 5.75 Å². The van der Waals surface area contributed by atoms with Crippen LogP contribution in [0.1, 0.15) is 11.1 Å². The highest BCUT2D eigenvalue weighted by molar-refractivity contribution is 6.39. The fraction of sp³-hybridized carbons (Fsp3) is 0.0556. The Balaban J connectivity index is 1.96. The monoisotopic (exact) mass is 357 g/mol. The van der Waals surface area contributed by atoms with E-state index in [-0.39, 0.29) is 5.75 Å². The number of phenols is 1. The molecule has 0 fully saturated rings. The lowest BCUT2D eigenvalue weighted by atomic mass is 10.1. The van der Waals surface area contributed by atoms with Crippen LogP contribution in [0.2, 0.25) is 5.02 Å². The van der Waals surface area contributed by atoms with Gasteiger partial charge in [-0.25, -0.2) is 5.43 Å². The van der Waals surface area contributed by atoms with E-state index in [4.69, 9.17) is 11.6 Å². The third kappa shape index (κ3) is 5.19. The SMILES string of the molecule is C=CCc1cccc(/C=N/NC(=O)C(=O)Nc2ccc(Cl)cc2)c1O. The van der Waals surface area contributed by atoms with Crippen molar-refractivity contribution in [1.82, 2.24) is 5.43 Å². The van der Waals surface area contributed by atoms with Gasteiger partial charge in [-0.2, -0.15) is 5.10 Å². The van der Waals surface area contributed by atoms with Gasteiger partial charge in [-0.05, 0) is 42.3 Å². The van der Waals surface area contributed by atoms with E-state index in [1.807, 2.05) is 0 Å². The Labute approximate surface area is 149 Å². The number of allylic oxidation sites excluding steroid dienone is 1. The standard InChI is InChI=1S/C18H16ClN3O3/c1-2-4-12-5-3-6-13(16(12)23)11-20-22-18(25)17(24)21-15-9-7-14(19)8-10-15/h2-3,5-11,23H,1,4H2,(H,21,24)(H,22,25)/b20-11+. The van der Waals surface area contributed by atoms with Crippen molar-refractivity contribution in [3.63, 3.8) is 0 Å². The van der Waals surface area contributed by atoms with Crippen LogP contribution in [-0.2, 0) is 16.0 Å². The van der Waals surface area contributed by atoms with Gasteiger partial charge in [-0.3, -0.25) is 9.59 Å². The molecule has 0 aromatic heterocycles. The number of halogens is 1. The summed E-state index contributed by atoms with van der Waals surface area (Å²) in [5.74, 6) is -1.76. The lowest BCUT2D eigenvalue weighted by Gasteiger charge is -2.05. The maximum absolute atomic E-state index is 11.8. The highest BCUT2D eigenvalue weighted by Gasteiger charge is 2.13. The summed E-state index contributed by atoms with van der Waals surface area (Å²) in [6.45, 7) is 3.62. The van der Waals surface area contributed by atoms with Crippen molar-refractivity contribution in [1.29, 1.82) is 0 Å². The molecule has 2 aromatic rings. The fourth-order valence-corrected chi connectivity index (χ4v) is 2.09. The maximum Gasteiger partial charge on any atom is 0.329 e. The molecule has 0 unspecified atom stereocenters. The first kappa shape index (κ1) is 18.2. The zero-order valence-electron chi connectivity index (χ0n) is 13.2. The largest absolute Gasteiger partial charge is 0.507 e. The van der Waals surface area contributed by atoms with Crippen LogP contribution >= 0.6 is 11.6 Å². The first-order chi connectivity index (χ1) is 12.0. The highest BCUT2D eigenvalue weighted by Crippen LogP contribution is 2.21. The Morgan fingerprint density at radius 1 is 1.16 bits per heavy atom. The molecule has 128 valence electrons. The van der Waals surface area contributed by atoms with E-state index >= 15 is 0 Å². The molecule has 6 nitrogen and oxygen atoms in total. The maximum atomic E-state index is 11.8. The first-order valence-electron chi connectivity index (χ1n) is 7.33. The molecule has 25 heavy (non-hydrogen) atoms. The van der Waals surface area contributed by atoms with Gasteiger partial charge < -0.3 is 10.4 Å². The minimum Gasteiger partial charge on any atom is -0.507 e. The van der Waals surface area contributed by atoms with Crippen LogP contribution in [-0.4, -0.2) is 23.1 Å². The molecule has 7 heteroatoms. The molecule has 3 N–H and O–H groups in total. The van der Waals surface area contributed by atoms with Crippen LogP contribution in [0.25, 0.3) is 0 Å². The summed E-state index contributed by atoms with van der Waals surface area (Å²) >= 11 is 5.74. The lowest BCUT2D eigenvalue weighted by Crippen LogP contribution is -2.32. The predicted octanol–water partition coefficient (Wildman–Crippen LogP) is 2.86. The van der Waals surface area contributed by atoms with E-state index in [9.17, 15) is 14.7 Å². The van der Waals surface area contributed by atoms with E-state index in [1.165, 1.54) is 6.21 Å². The number of phenolic OH excluding ortho intramolecular Hbond substituents is 1. The quantitative estimate of drug-likeness (QED) is 0.332. The molecule has 2 aromatic carbocycles. The number of nitrogens with zero attached hydrogens (tertiary/aromatic N) is 1. The molecule has 0 saturated heterocycles. The molecule has 2 rings (SSSR count). The normalized spacial score (nSPS) is 10.4. The van der Waals surface area contributed by atoms with Gasteiger partial charge in [0.1, 0.15) is 5.75 Å². The summed E-state index contributed by atoms with van der Waals surface area (Å²) in [5.41, 5.74) is 3.64. The van der Waals surface area contributed by atoms with Gasteiger partial charge >= 0.3 is 11.8 Å². The third-order valence-corrected chi connectivity index (χ3v) is 3.45. The second-order valence-electron chi connectivity index (χ2n) is 5.01.